The van der Waals surface area contributed by atoms with Crippen LogP contribution in [0.3, 0.4) is 0 Å². The quantitative estimate of drug-likeness (QED) is 0.609. The molecule has 1 aliphatic carbocycles. The van der Waals surface area contributed by atoms with E-state index in [0.29, 0.717) is 17.9 Å². The van der Waals surface area contributed by atoms with E-state index in [1.807, 2.05) is 6.92 Å². The van der Waals surface area contributed by atoms with Gasteiger partial charge in [0.2, 0.25) is 11.7 Å². The molecule has 0 aliphatic heterocycles. The summed E-state index contributed by atoms with van der Waals surface area (Å²) in [6, 6.07) is 0.281. The number of rotatable bonds is 6. The van der Waals surface area contributed by atoms with Gasteiger partial charge < -0.3 is 10.2 Å². The van der Waals surface area contributed by atoms with Crippen molar-refractivity contribution >= 4 is 17.4 Å². The lowest BCUT2D eigenvalue weighted by atomic mass is 10.3. The van der Waals surface area contributed by atoms with E-state index in [9.17, 15) is 14.9 Å². The first-order valence-corrected chi connectivity index (χ1v) is 6.64. The number of nitrogens with one attached hydrogen (secondary N) is 1. The Bertz CT molecular complexity index is 535. The highest BCUT2D eigenvalue weighted by molar-refractivity contribution is 5.82. The van der Waals surface area contributed by atoms with Crippen LogP contribution in [0.5, 0.6) is 0 Å². The molecule has 8 nitrogen and oxygen atoms in total. The first-order chi connectivity index (χ1) is 9.43. The maximum atomic E-state index is 11.8. The van der Waals surface area contributed by atoms with Gasteiger partial charge in [-0.25, -0.2) is 4.68 Å². The molecule has 0 radical (unpaired) electrons. The van der Waals surface area contributed by atoms with Crippen LogP contribution in [-0.4, -0.2) is 40.2 Å². The largest absolute Gasteiger partial charge is 0.352 e. The number of hydrogen-bond donors (Lipinski definition) is 1. The van der Waals surface area contributed by atoms with Crippen LogP contribution < -0.4 is 10.2 Å². The zero-order chi connectivity index (χ0) is 14.9. The fourth-order valence-corrected chi connectivity index (χ4v) is 2.20. The summed E-state index contributed by atoms with van der Waals surface area (Å²) >= 11 is 0. The van der Waals surface area contributed by atoms with Gasteiger partial charge in [-0.2, -0.15) is 5.10 Å². The molecular formula is C12H19N5O3. The maximum absolute atomic E-state index is 11.8. The van der Waals surface area contributed by atoms with Gasteiger partial charge in [0.15, 0.2) is 0 Å². The van der Waals surface area contributed by atoms with Crippen molar-refractivity contribution in [3.05, 3.63) is 15.8 Å². The molecule has 1 aromatic heterocycles. The number of anilines is 1. The van der Waals surface area contributed by atoms with E-state index in [1.165, 1.54) is 4.68 Å². The second-order valence-electron chi connectivity index (χ2n) is 5.05. The Labute approximate surface area is 116 Å². The summed E-state index contributed by atoms with van der Waals surface area (Å²) in [6.07, 6.45) is 2.51. The van der Waals surface area contributed by atoms with Crippen molar-refractivity contribution < 1.29 is 9.72 Å². The molecule has 0 atom stereocenters. The molecule has 1 N–H and O–H groups in total. The normalized spacial score (nSPS) is 14.2. The molecule has 0 saturated heterocycles. The predicted octanol–water partition coefficient (Wildman–Crippen LogP) is 0.606. The molecule has 0 aromatic carbocycles. The van der Waals surface area contributed by atoms with Crippen LogP contribution in [0.1, 0.15) is 25.5 Å². The SMILES string of the molecule is CCc1nn(C)c(N(C)CC(=O)NC2CC2)c1[N+](=O)[O-]. The minimum absolute atomic E-state index is 0.0169. The first-order valence-electron chi connectivity index (χ1n) is 6.64. The van der Waals surface area contributed by atoms with Crippen molar-refractivity contribution in [1.29, 1.82) is 0 Å². The third-order valence-corrected chi connectivity index (χ3v) is 3.26. The molecule has 0 unspecified atom stereocenters. The Morgan fingerprint density at radius 2 is 2.25 bits per heavy atom. The van der Waals surface area contributed by atoms with Gasteiger partial charge in [0.1, 0.15) is 5.69 Å². The summed E-state index contributed by atoms with van der Waals surface area (Å²) in [5.74, 6) is 0.237. The molecule has 1 fully saturated rings. The number of nitro groups is 1. The van der Waals surface area contributed by atoms with E-state index in [1.54, 1.807) is 19.0 Å². The first kappa shape index (κ1) is 14.3. The van der Waals surface area contributed by atoms with Gasteiger partial charge in [-0.05, 0) is 19.3 Å². The lowest BCUT2D eigenvalue weighted by Gasteiger charge is -2.17. The topological polar surface area (TPSA) is 93.3 Å². The number of nitrogens with zero attached hydrogens (tertiary/aromatic N) is 4. The highest BCUT2D eigenvalue weighted by atomic mass is 16.6. The van der Waals surface area contributed by atoms with Crippen LogP contribution in [0.2, 0.25) is 0 Å². The maximum Gasteiger partial charge on any atom is 0.334 e. The second-order valence-corrected chi connectivity index (χ2v) is 5.05. The van der Waals surface area contributed by atoms with Crippen molar-refractivity contribution in [1.82, 2.24) is 15.1 Å². The third-order valence-electron chi connectivity index (χ3n) is 3.26. The molecule has 8 heteroatoms. The fourth-order valence-electron chi connectivity index (χ4n) is 2.20. The summed E-state index contributed by atoms with van der Waals surface area (Å²) in [7, 11) is 3.31. The van der Waals surface area contributed by atoms with Crippen molar-refractivity contribution in [2.45, 2.75) is 32.2 Å². The number of likely N-dealkylation sites (N-methyl/N-ethyl adjacent to an activating group) is 1. The van der Waals surface area contributed by atoms with E-state index >= 15 is 0 Å². The van der Waals surface area contributed by atoms with Gasteiger partial charge in [-0.15, -0.1) is 0 Å². The Kier molecular flexibility index (Phi) is 3.91. The Morgan fingerprint density at radius 3 is 2.75 bits per heavy atom. The Balaban J connectivity index is 2.19. The van der Waals surface area contributed by atoms with Crippen LogP contribution in [0, 0.1) is 10.1 Å². The highest BCUT2D eigenvalue weighted by Crippen LogP contribution is 2.30. The molecule has 110 valence electrons. The zero-order valence-corrected chi connectivity index (χ0v) is 11.9. The number of carbonyl (C=O) groups is 1. The van der Waals surface area contributed by atoms with E-state index in [2.05, 4.69) is 10.4 Å². The molecule has 0 spiro atoms. The van der Waals surface area contributed by atoms with Gasteiger partial charge in [0.25, 0.3) is 0 Å². The highest BCUT2D eigenvalue weighted by Gasteiger charge is 2.30. The van der Waals surface area contributed by atoms with Crippen molar-refractivity contribution in [2.24, 2.45) is 7.05 Å². The lowest BCUT2D eigenvalue weighted by Crippen LogP contribution is -2.37. The van der Waals surface area contributed by atoms with Crippen LogP contribution >= 0.6 is 0 Å². The fraction of sp³-hybridized carbons (Fsp3) is 0.667. The van der Waals surface area contributed by atoms with Crippen LogP contribution in [-0.2, 0) is 18.3 Å². The number of aromatic nitrogens is 2. The molecule has 20 heavy (non-hydrogen) atoms. The number of hydrogen-bond acceptors (Lipinski definition) is 5. The van der Waals surface area contributed by atoms with E-state index < -0.39 is 4.92 Å². The molecule has 1 aromatic rings. The molecule has 1 amide bonds. The van der Waals surface area contributed by atoms with Gasteiger partial charge in [0.05, 0.1) is 11.5 Å². The lowest BCUT2D eigenvalue weighted by molar-refractivity contribution is -0.384. The standard InChI is InChI=1S/C12H19N5O3/c1-4-9-11(17(19)20)12(16(3)14-9)15(2)7-10(18)13-8-5-6-8/h8H,4-7H2,1-3H3,(H,13,18). The molecule has 2 rings (SSSR count). The Morgan fingerprint density at radius 1 is 1.60 bits per heavy atom. The summed E-state index contributed by atoms with van der Waals surface area (Å²) < 4.78 is 1.46. The van der Waals surface area contributed by atoms with Crippen molar-refractivity contribution in [3.63, 3.8) is 0 Å². The van der Waals surface area contributed by atoms with Gasteiger partial charge in [-0.3, -0.25) is 14.9 Å². The summed E-state index contributed by atoms with van der Waals surface area (Å²) in [4.78, 5) is 24.1. The molecule has 0 bridgehead atoms. The van der Waals surface area contributed by atoms with E-state index in [0.717, 1.165) is 12.8 Å². The predicted molar refractivity (Wildman–Crippen MR) is 73.7 cm³/mol. The summed E-state index contributed by atoms with van der Waals surface area (Å²) in [6.45, 7) is 1.90. The van der Waals surface area contributed by atoms with Crippen molar-refractivity contribution in [3.8, 4) is 0 Å². The molecule has 1 saturated carbocycles. The molecule has 1 heterocycles. The monoisotopic (exact) mass is 281 g/mol. The summed E-state index contributed by atoms with van der Waals surface area (Å²) in [5.41, 5.74) is 0.415. The average Bonchev–Trinajstić information content (AvgIpc) is 3.09. The average molecular weight is 281 g/mol. The number of carbonyl (C=O) groups excluding carboxylic acids is 1. The van der Waals surface area contributed by atoms with E-state index in [-0.39, 0.29) is 24.2 Å². The van der Waals surface area contributed by atoms with Gasteiger partial charge in [0, 0.05) is 20.1 Å². The smallest absolute Gasteiger partial charge is 0.334 e. The number of aryl methyl sites for hydroxylation is 2. The van der Waals surface area contributed by atoms with Crippen LogP contribution in [0.4, 0.5) is 11.5 Å². The minimum Gasteiger partial charge on any atom is -0.352 e. The van der Waals surface area contributed by atoms with E-state index in [4.69, 9.17) is 0 Å². The van der Waals surface area contributed by atoms with Crippen molar-refractivity contribution in [2.75, 3.05) is 18.5 Å². The zero-order valence-electron chi connectivity index (χ0n) is 11.9. The number of amides is 1. The Hall–Kier alpha value is -2.12. The third kappa shape index (κ3) is 2.89. The van der Waals surface area contributed by atoms with Crippen LogP contribution in [0.15, 0.2) is 0 Å². The van der Waals surface area contributed by atoms with Gasteiger partial charge in [-0.1, -0.05) is 6.92 Å². The van der Waals surface area contributed by atoms with Crippen LogP contribution in [0.25, 0.3) is 0 Å². The second kappa shape index (κ2) is 5.48. The molecule has 1 aliphatic rings. The minimum atomic E-state index is -0.434. The summed E-state index contributed by atoms with van der Waals surface area (Å²) in [5, 5.41) is 18.2. The van der Waals surface area contributed by atoms with Gasteiger partial charge >= 0.3 is 5.69 Å². The molecular weight excluding hydrogens is 262 g/mol.